The zero-order valence-electron chi connectivity index (χ0n) is 9.76. The number of piperidine rings is 1. The molecule has 0 aromatic heterocycles. The highest BCUT2D eigenvalue weighted by Gasteiger charge is 2.07. The number of nitrogens with one attached hydrogen (secondary N) is 1. The molecule has 84 valence electrons. The van der Waals surface area contributed by atoms with E-state index in [1.165, 1.54) is 58.5 Å². The Morgan fingerprint density at radius 2 is 1.14 bits per heavy atom. The maximum absolute atomic E-state index is 3.28. The summed E-state index contributed by atoms with van der Waals surface area (Å²) in [4.78, 5) is 4.72. The lowest BCUT2D eigenvalue weighted by Crippen LogP contribution is -2.42. The van der Waals surface area contributed by atoms with Crippen LogP contribution >= 0.6 is 0 Å². The van der Waals surface area contributed by atoms with E-state index in [2.05, 4.69) is 29.2 Å². The molecule has 2 aliphatic heterocycles. The predicted octanol–water partition coefficient (Wildman–Crippen LogP) is 0.624. The van der Waals surface area contributed by atoms with Crippen LogP contribution in [0, 0.1) is 0 Å². The average molecular weight is 199 g/mol. The maximum atomic E-state index is 3.28. The third-order valence-corrected chi connectivity index (χ3v) is 2.93. The van der Waals surface area contributed by atoms with E-state index in [0.29, 0.717) is 0 Å². The Labute approximate surface area is 88.5 Å². The van der Waals surface area contributed by atoms with Crippen LogP contribution in [0.3, 0.4) is 0 Å². The van der Waals surface area contributed by atoms with Gasteiger partial charge in [-0.25, -0.2) is 0 Å². The number of piperazine rings is 1. The molecule has 0 saturated carbocycles. The van der Waals surface area contributed by atoms with Crippen molar-refractivity contribution in [3.8, 4) is 0 Å². The van der Waals surface area contributed by atoms with Gasteiger partial charge in [0, 0.05) is 26.2 Å². The Morgan fingerprint density at radius 1 is 0.714 bits per heavy atom. The average Bonchev–Trinajstić information content (AvgIpc) is 2.26. The van der Waals surface area contributed by atoms with Crippen molar-refractivity contribution in [3.05, 3.63) is 0 Å². The van der Waals surface area contributed by atoms with Crippen molar-refractivity contribution in [2.45, 2.75) is 19.3 Å². The Bertz CT molecular complexity index is 105. The lowest BCUT2D eigenvalue weighted by Gasteiger charge is -2.28. The van der Waals surface area contributed by atoms with Crippen molar-refractivity contribution >= 4 is 0 Å². The van der Waals surface area contributed by atoms with E-state index in [0.717, 1.165) is 0 Å². The molecular weight excluding hydrogens is 174 g/mol. The molecule has 0 aliphatic carbocycles. The molecule has 2 saturated heterocycles. The molecule has 1 N–H and O–H groups in total. The molecular formula is C11H25N3. The fourth-order valence-electron chi connectivity index (χ4n) is 1.71. The van der Waals surface area contributed by atoms with Crippen molar-refractivity contribution < 1.29 is 0 Å². The van der Waals surface area contributed by atoms with Gasteiger partial charge in [0.25, 0.3) is 0 Å². The molecule has 0 aromatic rings. The zero-order chi connectivity index (χ0) is 10.2. The highest BCUT2D eigenvalue weighted by molar-refractivity contribution is 4.64. The first-order chi connectivity index (χ1) is 6.79. The van der Waals surface area contributed by atoms with Crippen LogP contribution in [0.5, 0.6) is 0 Å². The summed E-state index contributed by atoms with van der Waals surface area (Å²) in [7, 11) is 4.35. The molecule has 0 unspecified atom stereocenters. The minimum atomic E-state index is 1.23. The van der Waals surface area contributed by atoms with Gasteiger partial charge in [0.1, 0.15) is 0 Å². The fourth-order valence-corrected chi connectivity index (χ4v) is 1.71. The highest BCUT2D eigenvalue weighted by Crippen LogP contribution is 1.96. The van der Waals surface area contributed by atoms with Gasteiger partial charge in [-0.1, -0.05) is 6.42 Å². The van der Waals surface area contributed by atoms with Gasteiger partial charge in [0.05, 0.1) is 0 Å². The molecule has 3 nitrogen and oxygen atoms in total. The molecule has 2 aliphatic rings. The first-order valence-electron chi connectivity index (χ1n) is 5.87. The van der Waals surface area contributed by atoms with Crippen LogP contribution in [0.4, 0.5) is 0 Å². The molecule has 2 fully saturated rings. The third-order valence-electron chi connectivity index (χ3n) is 2.93. The van der Waals surface area contributed by atoms with Crippen LogP contribution in [0.25, 0.3) is 0 Å². The largest absolute Gasteiger partial charge is 0.317 e. The minimum absolute atomic E-state index is 1.23. The maximum Gasteiger partial charge on any atom is 0.0107 e. The summed E-state index contributed by atoms with van der Waals surface area (Å²) >= 11 is 0. The smallest absolute Gasteiger partial charge is 0.0107 e. The Kier molecular flexibility index (Phi) is 6.15. The molecule has 0 atom stereocenters. The lowest BCUT2D eigenvalue weighted by molar-refractivity contribution is 0.181. The summed E-state index contributed by atoms with van der Waals surface area (Å²) < 4.78 is 0. The quantitative estimate of drug-likeness (QED) is 0.617. The molecule has 14 heavy (non-hydrogen) atoms. The summed E-state index contributed by atoms with van der Waals surface area (Å²) in [5.41, 5.74) is 0. The summed E-state index contributed by atoms with van der Waals surface area (Å²) in [6.45, 7) is 7.43. The van der Waals surface area contributed by atoms with Gasteiger partial charge in [-0.15, -0.1) is 0 Å². The second-order valence-electron chi connectivity index (χ2n) is 4.42. The normalized spacial score (nSPS) is 25.3. The molecule has 0 amide bonds. The summed E-state index contributed by atoms with van der Waals surface area (Å²) in [6, 6.07) is 0. The van der Waals surface area contributed by atoms with E-state index in [1.54, 1.807) is 0 Å². The van der Waals surface area contributed by atoms with Gasteiger partial charge in [-0.2, -0.15) is 0 Å². The van der Waals surface area contributed by atoms with Gasteiger partial charge in [0.2, 0.25) is 0 Å². The SMILES string of the molecule is C1CCNCC1.CN1CCN(C)CC1. The lowest BCUT2D eigenvalue weighted by atomic mass is 10.2. The van der Waals surface area contributed by atoms with Gasteiger partial charge in [-0.05, 0) is 40.0 Å². The number of hydrogen-bond donors (Lipinski definition) is 1. The Balaban J connectivity index is 0.000000146. The van der Waals surface area contributed by atoms with Gasteiger partial charge < -0.3 is 15.1 Å². The Morgan fingerprint density at radius 3 is 1.36 bits per heavy atom. The molecule has 0 spiro atoms. The number of nitrogens with zero attached hydrogens (tertiary/aromatic N) is 2. The molecule has 2 heterocycles. The monoisotopic (exact) mass is 199 g/mol. The first-order valence-corrected chi connectivity index (χ1v) is 5.87. The molecule has 0 radical (unpaired) electrons. The second-order valence-corrected chi connectivity index (χ2v) is 4.42. The summed E-state index contributed by atoms with van der Waals surface area (Å²) in [5, 5.41) is 3.28. The van der Waals surface area contributed by atoms with E-state index < -0.39 is 0 Å². The standard InChI is InChI=1S/C6H14N2.C5H11N/c1-7-3-5-8(2)6-4-7;1-2-4-6-5-3-1/h3-6H2,1-2H3;6H,1-5H2. The summed E-state index contributed by atoms with van der Waals surface area (Å²) in [5.74, 6) is 0. The van der Waals surface area contributed by atoms with Crippen LogP contribution in [-0.2, 0) is 0 Å². The van der Waals surface area contributed by atoms with E-state index in [-0.39, 0.29) is 0 Å². The van der Waals surface area contributed by atoms with Gasteiger partial charge in [-0.3, -0.25) is 0 Å². The Hall–Kier alpha value is -0.120. The van der Waals surface area contributed by atoms with Crippen molar-refractivity contribution in [1.82, 2.24) is 15.1 Å². The molecule has 0 bridgehead atoms. The number of hydrogen-bond acceptors (Lipinski definition) is 3. The van der Waals surface area contributed by atoms with E-state index in [1.807, 2.05) is 0 Å². The van der Waals surface area contributed by atoms with E-state index >= 15 is 0 Å². The van der Waals surface area contributed by atoms with E-state index in [9.17, 15) is 0 Å². The van der Waals surface area contributed by atoms with Crippen molar-refractivity contribution in [3.63, 3.8) is 0 Å². The fraction of sp³-hybridized carbons (Fsp3) is 1.00. The molecule has 0 aromatic carbocycles. The number of rotatable bonds is 0. The molecule has 2 rings (SSSR count). The van der Waals surface area contributed by atoms with E-state index in [4.69, 9.17) is 0 Å². The highest BCUT2D eigenvalue weighted by atomic mass is 15.2. The van der Waals surface area contributed by atoms with Crippen LogP contribution in [-0.4, -0.2) is 63.2 Å². The van der Waals surface area contributed by atoms with Crippen LogP contribution in [0.2, 0.25) is 0 Å². The van der Waals surface area contributed by atoms with Gasteiger partial charge in [0.15, 0.2) is 0 Å². The van der Waals surface area contributed by atoms with Crippen molar-refractivity contribution in [2.24, 2.45) is 0 Å². The van der Waals surface area contributed by atoms with Crippen molar-refractivity contribution in [2.75, 3.05) is 53.4 Å². The topological polar surface area (TPSA) is 18.5 Å². The van der Waals surface area contributed by atoms with Crippen LogP contribution in [0.1, 0.15) is 19.3 Å². The number of likely N-dealkylation sites (N-methyl/N-ethyl adjacent to an activating group) is 2. The minimum Gasteiger partial charge on any atom is -0.317 e. The zero-order valence-corrected chi connectivity index (χ0v) is 9.76. The predicted molar refractivity (Wildman–Crippen MR) is 61.7 cm³/mol. The van der Waals surface area contributed by atoms with Crippen LogP contribution in [0.15, 0.2) is 0 Å². The molecule has 3 heteroatoms. The second kappa shape index (κ2) is 7.21. The van der Waals surface area contributed by atoms with Crippen LogP contribution < -0.4 is 5.32 Å². The first kappa shape index (κ1) is 12.0. The van der Waals surface area contributed by atoms with Crippen molar-refractivity contribution in [1.29, 1.82) is 0 Å². The third kappa shape index (κ3) is 5.58. The van der Waals surface area contributed by atoms with Gasteiger partial charge >= 0.3 is 0 Å². The summed E-state index contributed by atoms with van der Waals surface area (Å²) in [6.07, 6.45) is 4.22.